The summed E-state index contributed by atoms with van der Waals surface area (Å²) in [7, 11) is 0. The largest absolute Gasteiger partial charge is 0.493 e. The first-order valence-corrected chi connectivity index (χ1v) is 6.98. The second-order valence-corrected chi connectivity index (χ2v) is 4.82. The van der Waals surface area contributed by atoms with Crippen molar-refractivity contribution in [3.8, 4) is 17.1 Å². The maximum Gasteiger partial charge on any atom is 0.374 e. The maximum atomic E-state index is 12.3. The number of hydrogen-bond donors (Lipinski definition) is 2. The Kier molecular flexibility index (Phi) is 3.57. The highest BCUT2D eigenvalue weighted by Gasteiger charge is 2.20. The van der Waals surface area contributed by atoms with Crippen LogP contribution in [-0.4, -0.2) is 37.3 Å². The van der Waals surface area contributed by atoms with Gasteiger partial charge in [0.2, 0.25) is 5.82 Å². The second-order valence-electron chi connectivity index (χ2n) is 4.82. The molecule has 0 aliphatic rings. The molecule has 0 amide bonds. The highest BCUT2D eigenvalue weighted by atomic mass is 16.5. The Morgan fingerprint density at radius 3 is 2.83 bits per heavy atom. The molecule has 0 fully saturated rings. The molecule has 2 N–H and O–H groups in total. The molecule has 0 radical (unpaired) electrons. The number of H-pyrrole nitrogens is 1. The quantitative estimate of drug-likeness (QED) is 0.755. The molecule has 0 saturated heterocycles. The van der Waals surface area contributed by atoms with Crippen molar-refractivity contribution in [2.75, 3.05) is 6.61 Å². The van der Waals surface area contributed by atoms with Crippen LogP contribution >= 0.6 is 0 Å². The average molecular weight is 314 g/mol. The van der Waals surface area contributed by atoms with E-state index in [4.69, 9.17) is 4.74 Å². The third kappa shape index (κ3) is 2.44. The number of ether oxygens (including phenoxy) is 1. The van der Waals surface area contributed by atoms with E-state index < -0.39 is 11.5 Å². The Morgan fingerprint density at radius 1 is 1.39 bits per heavy atom. The lowest BCUT2D eigenvalue weighted by Gasteiger charge is -2.09. The fourth-order valence-corrected chi connectivity index (χ4v) is 2.37. The monoisotopic (exact) mass is 314 g/mol. The van der Waals surface area contributed by atoms with Crippen LogP contribution in [0.1, 0.15) is 23.2 Å². The first kappa shape index (κ1) is 14.8. The first-order valence-electron chi connectivity index (χ1n) is 6.98. The molecular weight excluding hydrogens is 300 g/mol. The summed E-state index contributed by atoms with van der Waals surface area (Å²) in [6.07, 6.45) is 0. The molecule has 2 aromatic heterocycles. The number of carboxylic acids is 1. The fraction of sp³-hybridized carbons (Fsp3) is 0.200. The van der Waals surface area contributed by atoms with Crippen molar-refractivity contribution in [1.29, 1.82) is 0 Å². The lowest BCUT2D eigenvalue weighted by molar-refractivity contribution is 0.0681. The number of nitrogens with one attached hydrogen (secondary N) is 1. The molecule has 3 aromatic rings. The molecule has 8 nitrogen and oxygen atoms in total. The Morgan fingerprint density at radius 2 is 2.13 bits per heavy atom. The summed E-state index contributed by atoms with van der Waals surface area (Å²) in [6, 6.07) is 7.06. The van der Waals surface area contributed by atoms with Crippen molar-refractivity contribution < 1.29 is 14.6 Å². The van der Waals surface area contributed by atoms with Gasteiger partial charge in [-0.05, 0) is 26.0 Å². The molecular formula is C15H14N4O4. The van der Waals surface area contributed by atoms with Gasteiger partial charge in [0, 0.05) is 0 Å². The van der Waals surface area contributed by atoms with Crippen LogP contribution in [0.2, 0.25) is 0 Å². The third-order valence-electron chi connectivity index (χ3n) is 3.31. The summed E-state index contributed by atoms with van der Waals surface area (Å²) in [5.41, 5.74) is 0.524. The van der Waals surface area contributed by atoms with Gasteiger partial charge in [0.05, 0.1) is 17.9 Å². The van der Waals surface area contributed by atoms with Crippen LogP contribution in [0, 0.1) is 6.92 Å². The van der Waals surface area contributed by atoms with E-state index in [1.165, 1.54) is 0 Å². The molecule has 0 spiro atoms. The van der Waals surface area contributed by atoms with E-state index in [0.717, 1.165) is 4.52 Å². The van der Waals surface area contributed by atoms with Crippen LogP contribution in [-0.2, 0) is 0 Å². The van der Waals surface area contributed by atoms with E-state index in [9.17, 15) is 14.7 Å². The van der Waals surface area contributed by atoms with Crippen LogP contribution < -0.4 is 10.3 Å². The number of hydrogen-bond acceptors (Lipinski definition) is 5. The molecule has 0 aliphatic heterocycles. The summed E-state index contributed by atoms with van der Waals surface area (Å²) in [5.74, 6) is -0.799. The van der Waals surface area contributed by atoms with Crippen molar-refractivity contribution in [2.45, 2.75) is 13.8 Å². The molecule has 2 heterocycles. The van der Waals surface area contributed by atoms with E-state index in [0.29, 0.717) is 23.6 Å². The highest BCUT2D eigenvalue weighted by Crippen LogP contribution is 2.26. The number of rotatable bonds is 4. The van der Waals surface area contributed by atoms with Gasteiger partial charge >= 0.3 is 5.97 Å². The summed E-state index contributed by atoms with van der Waals surface area (Å²) >= 11 is 0. The van der Waals surface area contributed by atoms with Crippen LogP contribution in [0.5, 0.6) is 5.75 Å². The van der Waals surface area contributed by atoms with Gasteiger partial charge in [-0.25, -0.2) is 9.78 Å². The molecule has 23 heavy (non-hydrogen) atoms. The van der Waals surface area contributed by atoms with E-state index in [1.54, 1.807) is 31.2 Å². The number of para-hydroxylation sites is 1. The standard InChI is InChI=1S/C15H14N4O4/c1-3-23-10-7-5-4-6-9(10)12-17-14(20)11-8(2)16-13(15(21)22)19(11)18-12/h4-7H,3H2,1-2H3,(H,21,22)(H,17,18,20). The maximum absolute atomic E-state index is 12.3. The van der Waals surface area contributed by atoms with E-state index in [1.807, 2.05) is 6.92 Å². The number of fused-ring (bicyclic) bond motifs is 1. The summed E-state index contributed by atoms with van der Waals surface area (Å²) in [6.45, 7) is 3.86. The number of nitrogens with zero attached hydrogens (tertiary/aromatic N) is 3. The number of aromatic carboxylic acids is 1. The fourth-order valence-electron chi connectivity index (χ4n) is 2.37. The summed E-state index contributed by atoms with van der Waals surface area (Å²) < 4.78 is 6.57. The number of benzene rings is 1. The number of carboxylic acid groups (broad SMARTS) is 1. The van der Waals surface area contributed by atoms with Gasteiger partial charge in [-0.3, -0.25) is 4.79 Å². The van der Waals surface area contributed by atoms with Gasteiger partial charge in [-0.1, -0.05) is 12.1 Å². The normalized spacial score (nSPS) is 10.9. The minimum atomic E-state index is -1.25. The van der Waals surface area contributed by atoms with Crippen molar-refractivity contribution in [2.24, 2.45) is 0 Å². The van der Waals surface area contributed by atoms with E-state index in [-0.39, 0.29) is 17.2 Å². The van der Waals surface area contributed by atoms with Crippen LogP contribution in [0.15, 0.2) is 29.1 Å². The van der Waals surface area contributed by atoms with Gasteiger partial charge in [0.15, 0.2) is 11.3 Å². The van der Waals surface area contributed by atoms with E-state index >= 15 is 0 Å². The zero-order valence-electron chi connectivity index (χ0n) is 12.5. The van der Waals surface area contributed by atoms with Crippen molar-refractivity contribution in [3.63, 3.8) is 0 Å². The van der Waals surface area contributed by atoms with Crippen molar-refractivity contribution >= 4 is 11.5 Å². The average Bonchev–Trinajstić information content (AvgIpc) is 2.86. The second kappa shape index (κ2) is 5.56. The SMILES string of the molecule is CCOc1ccccc1-c1nn2c(C(=O)O)nc(C)c2c(=O)[nH]1. The number of aryl methyl sites for hydroxylation is 1. The lowest BCUT2D eigenvalue weighted by atomic mass is 10.2. The van der Waals surface area contributed by atoms with Crippen LogP contribution in [0.25, 0.3) is 16.9 Å². The number of aromatic amines is 1. The van der Waals surface area contributed by atoms with Crippen molar-refractivity contribution in [3.05, 3.63) is 46.1 Å². The molecule has 118 valence electrons. The lowest BCUT2D eigenvalue weighted by Crippen LogP contribution is -2.17. The third-order valence-corrected chi connectivity index (χ3v) is 3.31. The zero-order chi connectivity index (χ0) is 16.6. The van der Waals surface area contributed by atoms with Crippen LogP contribution in [0.3, 0.4) is 0 Å². The van der Waals surface area contributed by atoms with Gasteiger partial charge in [0.25, 0.3) is 5.56 Å². The molecule has 0 atom stereocenters. The highest BCUT2D eigenvalue weighted by molar-refractivity contribution is 5.85. The number of imidazole rings is 1. The van der Waals surface area contributed by atoms with Gasteiger partial charge in [0.1, 0.15) is 5.75 Å². The van der Waals surface area contributed by atoms with Gasteiger partial charge in [-0.2, -0.15) is 4.52 Å². The molecule has 1 aromatic carbocycles. The Hall–Kier alpha value is -3.16. The summed E-state index contributed by atoms with van der Waals surface area (Å²) in [4.78, 5) is 30.2. The molecule has 0 aliphatic carbocycles. The molecule has 0 saturated carbocycles. The topological polar surface area (TPSA) is 110 Å². The Labute approximate surface area is 130 Å². The van der Waals surface area contributed by atoms with E-state index in [2.05, 4.69) is 15.1 Å². The summed E-state index contributed by atoms with van der Waals surface area (Å²) in [5, 5.41) is 13.5. The minimum Gasteiger partial charge on any atom is -0.493 e. The predicted molar refractivity (Wildman–Crippen MR) is 81.9 cm³/mol. The Bertz CT molecular complexity index is 958. The molecule has 8 heteroatoms. The molecule has 3 rings (SSSR count). The van der Waals surface area contributed by atoms with Gasteiger partial charge in [-0.15, -0.1) is 5.10 Å². The predicted octanol–water partition coefficient (Wildman–Crippen LogP) is 1.49. The van der Waals surface area contributed by atoms with Crippen LogP contribution in [0.4, 0.5) is 0 Å². The minimum absolute atomic E-state index is 0.111. The zero-order valence-corrected chi connectivity index (χ0v) is 12.5. The molecule has 0 bridgehead atoms. The Balaban J connectivity index is 2.30. The molecule has 0 unspecified atom stereocenters. The van der Waals surface area contributed by atoms with Gasteiger partial charge < -0.3 is 14.8 Å². The first-order chi connectivity index (χ1) is 11.0. The smallest absolute Gasteiger partial charge is 0.374 e. The number of carbonyl (C=O) groups is 1. The van der Waals surface area contributed by atoms with Crippen molar-refractivity contribution in [1.82, 2.24) is 19.6 Å². The number of aromatic nitrogens is 4.